The maximum absolute atomic E-state index is 11.8. The number of halogens is 1. The first-order valence-corrected chi connectivity index (χ1v) is 8.32. The van der Waals surface area contributed by atoms with E-state index in [0.717, 1.165) is 15.6 Å². The van der Waals surface area contributed by atoms with Gasteiger partial charge in [-0.05, 0) is 48.9 Å². The van der Waals surface area contributed by atoms with Crippen LogP contribution in [-0.2, 0) is 14.3 Å². The lowest BCUT2D eigenvalue weighted by Gasteiger charge is -2.06. The van der Waals surface area contributed by atoms with Gasteiger partial charge in [0.25, 0.3) is 5.91 Å². The predicted octanol–water partition coefficient (Wildman–Crippen LogP) is 3.96. The molecule has 0 fully saturated rings. The molecule has 0 saturated heterocycles. The zero-order chi connectivity index (χ0) is 18.2. The quantitative estimate of drug-likeness (QED) is 0.585. The van der Waals surface area contributed by atoms with Crippen LogP contribution in [0.1, 0.15) is 11.1 Å². The lowest BCUT2D eigenvalue weighted by Crippen LogP contribution is -2.20. The summed E-state index contributed by atoms with van der Waals surface area (Å²) in [5, 5.41) is 2.67. The minimum Gasteiger partial charge on any atom is -0.496 e. The maximum Gasteiger partial charge on any atom is 0.331 e. The molecule has 0 aliphatic rings. The molecule has 0 aliphatic heterocycles. The highest BCUT2D eigenvalue weighted by atomic mass is 79.9. The average Bonchev–Trinajstić information content (AvgIpc) is 2.58. The fourth-order valence-corrected chi connectivity index (χ4v) is 2.48. The van der Waals surface area contributed by atoms with Crippen LogP contribution in [0.3, 0.4) is 0 Å². The number of benzene rings is 2. The maximum atomic E-state index is 11.8. The molecular weight excluding hydrogens is 386 g/mol. The summed E-state index contributed by atoms with van der Waals surface area (Å²) in [6.07, 6.45) is 2.83. The third-order valence-electron chi connectivity index (χ3n) is 3.24. The number of anilines is 1. The number of ether oxygens (including phenoxy) is 2. The molecule has 2 rings (SSSR count). The fourth-order valence-electron chi connectivity index (χ4n) is 2.10. The van der Waals surface area contributed by atoms with E-state index in [0.29, 0.717) is 11.4 Å². The molecule has 0 radical (unpaired) electrons. The van der Waals surface area contributed by atoms with Gasteiger partial charge in [0.1, 0.15) is 5.75 Å². The van der Waals surface area contributed by atoms with Crippen molar-refractivity contribution in [2.75, 3.05) is 19.0 Å². The van der Waals surface area contributed by atoms with Crippen molar-refractivity contribution in [1.29, 1.82) is 0 Å². The first-order valence-electron chi connectivity index (χ1n) is 7.53. The molecule has 1 N–H and O–H groups in total. The number of aryl methyl sites for hydroxylation is 1. The number of nitrogens with one attached hydrogen (secondary N) is 1. The lowest BCUT2D eigenvalue weighted by atomic mass is 10.2. The van der Waals surface area contributed by atoms with Crippen molar-refractivity contribution >= 4 is 39.6 Å². The Labute approximate surface area is 154 Å². The van der Waals surface area contributed by atoms with E-state index in [2.05, 4.69) is 21.2 Å². The number of rotatable bonds is 6. The first kappa shape index (κ1) is 18.7. The van der Waals surface area contributed by atoms with Gasteiger partial charge in [-0.15, -0.1) is 0 Å². The fraction of sp³-hybridized carbons (Fsp3) is 0.158. The Bertz CT molecular complexity index is 802. The standard InChI is InChI=1S/C19H18BrNO4/c1-13-4-3-5-16(10-13)21-18(22)12-25-19(23)9-6-14-11-15(20)7-8-17(14)24-2/h3-11H,12H2,1-2H3,(H,21,22)/b9-6+. The Balaban J connectivity index is 1.88. The highest BCUT2D eigenvalue weighted by molar-refractivity contribution is 9.10. The van der Waals surface area contributed by atoms with E-state index in [1.165, 1.54) is 6.08 Å². The van der Waals surface area contributed by atoms with Crippen molar-refractivity contribution in [2.45, 2.75) is 6.92 Å². The van der Waals surface area contributed by atoms with E-state index in [1.807, 2.05) is 37.3 Å². The molecule has 0 spiro atoms. The Kier molecular flexibility index (Phi) is 6.77. The van der Waals surface area contributed by atoms with Gasteiger partial charge in [-0.1, -0.05) is 28.1 Å². The summed E-state index contributed by atoms with van der Waals surface area (Å²) in [6, 6.07) is 12.8. The van der Waals surface area contributed by atoms with Crippen molar-refractivity contribution in [3.8, 4) is 5.75 Å². The number of carbonyl (C=O) groups is 2. The van der Waals surface area contributed by atoms with Crippen LogP contribution in [0.5, 0.6) is 5.75 Å². The van der Waals surface area contributed by atoms with E-state index in [4.69, 9.17) is 9.47 Å². The summed E-state index contributed by atoms with van der Waals surface area (Å²) < 4.78 is 11.0. The van der Waals surface area contributed by atoms with Gasteiger partial charge < -0.3 is 14.8 Å². The van der Waals surface area contributed by atoms with Crippen molar-refractivity contribution in [2.24, 2.45) is 0 Å². The van der Waals surface area contributed by atoms with Gasteiger partial charge in [-0.3, -0.25) is 4.79 Å². The smallest absolute Gasteiger partial charge is 0.331 e. The summed E-state index contributed by atoms with van der Waals surface area (Å²) in [4.78, 5) is 23.6. The molecule has 25 heavy (non-hydrogen) atoms. The number of amides is 1. The van der Waals surface area contributed by atoms with Crippen molar-refractivity contribution < 1.29 is 19.1 Å². The molecule has 6 heteroatoms. The molecule has 0 saturated carbocycles. The highest BCUT2D eigenvalue weighted by Gasteiger charge is 2.07. The molecule has 2 aromatic carbocycles. The van der Waals surface area contributed by atoms with Crippen molar-refractivity contribution in [3.05, 3.63) is 64.1 Å². The summed E-state index contributed by atoms with van der Waals surface area (Å²) in [6.45, 7) is 1.57. The van der Waals surface area contributed by atoms with Crippen LogP contribution in [0, 0.1) is 6.92 Å². The summed E-state index contributed by atoms with van der Waals surface area (Å²) >= 11 is 3.36. The summed E-state index contributed by atoms with van der Waals surface area (Å²) in [5.41, 5.74) is 2.41. The molecule has 0 bridgehead atoms. The Morgan fingerprint density at radius 2 is 2.00 bits per heavy atom. The zero-order valence-corrected chi connectivity index (χ0v) is 15.5. The Hall–Kier alpha value is -2.60. The molecule has 0 heterocycles. The number of hydrogen-bond donors (Lipinski definition) is 1. The number of methoxy groups -OCH3 is 1. The van der Waals surface area contributed by atoms with Gasteiger partial charge in [0.15, 0.2) is 6.61 Å². The number of hydrogen-bond acceptors (Lipinski definition) is 4. The molecule has 5 nitrogen and oxygen atoms in total. The average molecular weight is 404 g/mol. The van der Waals surface area contributed by atoms with Crippen LogP contribution < -0.4 is 10.1 Å². The van der Waals surface area contributed by atoms with E-state index < -0.39 is 11.9 Å². The van der Waals surface area contributed by atoms with E-state index in [-0.39, 0.29) is 6.61 Å². The largest absolute Gasteiger partial charge is 0.496 e. The van der Waals surface area contributed by atoms with E-state index in [1.54, 1.807) is 25.3 Å². The minimum absolute atomic E-state index is 0.354. The molecule has 0 unspecified atom stereocenters. The third kappa shape index (κ3) is 6.08. The van der Waals surface area contributed by atoms with Crippen LogP contribution in [0.2, 0.25) is 0 Å². The highest BCUT2D eigenvalue weighted by Crippen LogP contribution is 2.24. The van der Waals surface area contributed by atoms with E-state index in [9.17, 15) is 9.59 Å². The molecule has 1 amide bonds. The molecule has 2 aromatic rings. The van der Waals surface area contributed by atoms with Gasteiger partial charge in [-0.2, -0.15) is 0 Å². The first-order chi connectivity index (χ1) is 12.0. The summed E-state index contributed by atoms with van der Waals surface area (Å²) in [7, 11) is 1.55. The number of carbonyl (C=O) groups excluding carboxylic acids is 2. The van der Waals surface area contributed by atoms with Crippen molar-refractivity contribution in [3.63, 3.8) is 0 Å². The topological polar surface area (TPSA) is 64.6 Å². The Morgan fingerprint density at radius 1 is 1.20 bits per heavy atom. The normalized spacial score (nSPS) is 10.5. The van der Waals surface area contributed by atoms with Crippen LogP contribution in [0.15, 0.2) is 53.0 Å². The monoisotopic (exact) mass is 403 g/mol. The molecule has 0 aliphatic carbocycles. The zero-order valence-electron chi connectivity index (χ0n) is 13.9. The minimum atomic E-state index is -0.610. The molecule has 130 valence electrons. The van der Waals surface area contributed by atoms with Crippen LogP contribution >= 0.6 is 15.9 Å². The number of esters is 1. The lowest BCUT2D eigenvalue weighted by molar-refractivity contribution is -0.142. The van der Waals surface area contributed by atoms with Crippen LogP contribution in [0.25, 0.3) is 6.08 Å². The van der Waals surface area contributed by atoms with Crippen LogP contribution in [-0.4, -0.2) is 25.6 Å². The third-order valence-corrected chi connectivity index (χ3v) is 3.73. The Morgan fingerprint density at radius 3 is 2.72 bits per heavy atom. The SMILES string of the molecule is COc1ccc(Br)cc1/C=C/C(=O)OCC(=O)Nc1cccc(C)c1. The van der Waals surface area contributed by atoms with Gasteiger partial charge in [0.05, 0.1) is 7.11 Å². The molecule has 0 atom stereocenters. The summed E-state index contributed by atoms with van der Waals surface area (Å²) in [5.74, 6) is -0.377. The van der Waals surface area contributed by atoms with Gasteiger partial charge in [0, 0.05) is 21.8 Å². The second-order valence-corrected chi connectivity index (χ2v) is 6.16. The van der Waals surface area contributed by atoms with Crippen molar-refractivity contribution in [1.82, 2.24) is 0 Å². The second-order valence-electron chi connectivity index (χ2n) is 5.24. The van der Waals surface area contributed by atoms with Crippen LogP contribution in [0.4, 0.5) is 5.69 Å². The van der Waals surface area contributed by atoms with Gasteiger partial charge >= 0.3 is 5.97 Å². The van der Waals surface area contributed by atoms with Gasteiger partial charge in [-0.25, -0.2) is 4.79 Å². The molecule has 0 aromatic heterocycles. The second kappa shape index (κ2) is 9.03. The predicted molar refractivity (Wildman–Crippen MR) is 100 cm³/mol. The molecular formula is C19H18BrNO4. The van der Waals surface area contributed by atoms with E-state index >= 15 is 0 Å². The van der Waals surface area contributed by atoms with Gasteiger partial charge in [0.2, 0.25) is 0 Å².